The van der Waals surface area contributed by atoms with E-state index < -0.39 is 0 Å². The van der Waals surface area contributed by atoms with Gasteiger partial charge in [-0.05, 0) is 41.8 Å². The van der Waals surface area contributed by atoms with Gasteiger partial charge in [-0.25, -0.2) is 9.37 Å². The van der Waals surface area contributed by atoms with Crippen LogP contribution in [0.3, 0.4) is 0 Å². The molecule has 4 heteroatoms. The molecule has 0 bridgehead atoms. The van der Waals surface area contributed by atoms with Crippen molar-refractivity contribution in [2.45, 2.75) is 19.8 Å². The lowest BCUT2D eigenvalue weighted by Gasteiger charge is -1.98. The van der Waals surface area contributed by atoms with Crippen LogP contribution in [0.4, 0.5) is 10.1 Å². The van der Waals surface area contributed by atoms with Crippen molar-refractivity contribution in [2.24, 2.45) is 0 Å². The molecule has 3 nitrogen and oxygen atoms in total. The van der Waals surface area contributed by atoms with E-state index in [0.717, 1.165) is 23.1 Å². The van der Waals surface area contributed by atoms with Crippen LogP contribution in [0, 0.1) is 5.82 Å². The molecule has 0 saturated heterocycles. The average molecular weight is 270 g/mol. The predicted molar refractivity (Wildman–Crippen MR) is 77.0 cm³/mol. The fourth-order valence-corrected chi connectivity index (χ4v) is 2.22. The zero-order valence-corrected chi connectivity index (χ0v) is 11.2. The van der Waals surface area contributed by atoms with Gasteiger partial charge in [-0.1, -0.05) is 19.1 Å². The number of halogens is 1. The lowest BCUT2D eigenvalue weighted by Crippen LogP contribution is -1.88. The molecule has 0 fully saturated rings. The van der Waals surface area contributed by atoms with Crippen molar-refractivity contribution in [1.82, 2.24) is 4.98 Å². The second kappa shape index (κ2) is 4.96. The highest BCUT2D eigenvalue weighted by molar-refractivity contribution is 5.85. The molecule has 0 saturated carbocycles. The topological polar surface area (TPSA) is 52.0 Å². The Kier molecular flexibility index (Phi) is 3.14. The maximum absolute atomic E-state index is 12.9. The summed E-state index contributed by atoms with van der Waals surface area (Å²) in [5.41, 5.74) is 10.1. The molecule has 3 rings (SSSR count). The Hall–Kier alpha value is -2.36. The van der Waals surface area contributed by atoms with E-state index in [-0.39, 0.29) is 5.82 Å². The summed E-state index contributed by atoms with van der Waals surface area (Å²) in [5.74, 6) is 0.342. The van der Waals surface area contributed by atoms with Crippen LogP contribution in [0.1, 0.15) is 23.9 Å². The van der Waals surface area contributed by atoms with Crippen LogP contribution in [0.2, 0.25) is 0 Å². The van der Waals surface area contributed by atoms with Gasteiger partial charge in [-0.3, -0.25) is 0 Å². The van der Waals surface area contributed by atoms with Gasteiger partial charge in [0.2, 0.25) is 0 Å². The Morgan fingerprint density at radius 3 is 2.60 bits per heavy atom. The number of aryl methyl sites for hydroxylation is 1. The number of nitrogens with zero attached hydrogens (tertiary/aromatic N) is 1. The first-order valence-electron chi connectivity index (χ1n) is 6.58. The standard InChI is InChI=1S/C16H15FN2O/c1-2-10-7-13(18)16-14(8-10)19-15(20-16)9-11-3-5-12(17)6-4-11/h3-8H,2,9,18H2,1H3. The van der Waals surface area contributed by atoms with Crippen LogP contribution >= 0.6 is 0 Å². The minimum absolute atomic E-state index is 0.247. The Labute approximate surface area is 116 Å². The van der Waals surface area contributed by atoms with Crippen LogP contribution < -0.4 is 5.73 Å². The first kappa shape index (κ1) is 12.7. The van der Waals surface area contributed by atoms with Crippen molar-refractivity contribution in [1.29, 1.82) is 0 Å². The molecular weight excluding hydrogens is 255 g/mol. The number of fused-ring (bicyclic) bond motifs is 1. The highest BCUT2D eigenvalue weighted by Crippen LogP contribution is 2.25. The van der Waals surface area contributed by atoms with E-state index in [0.29, 0.717) is 23.6 Å². The van der Waals surface area contributed by atoms with Crippen LogP contribution in [-0.2, 0) is 12.8 Å². The third-order valence-corrected chi connectivity index (χ3v) is 3.30. The average Bonchev–Trinajstić information content (AvgIpc) is 2.84. The Morgan fingerprint density at radius 2 is 1.90 bits per heavy atom. The molecule has 2 aromatic carbocycles. The van der Waals surface area contributed by atoms with Gasteiger partial charge in [0.1, 0.15) is 11.3 Å². The number of nitrogens with two attached hydrogens (primary N) is 1. The van der Waals surface area contributed by atoms with Crippen LogP contribution in [-0.4, -0.2) is 4.98 Å². The van der Waals surface area contributed by atoms with E-state index >= 15 is 0 Å². The molecule has 20 heavy (non-hydrogen) atoms. The first-order chi connectivity index (χ1) is 9.65. The van der Waals surface area contributed by atoms with Crippen molar-refractivity contribution in [3.63, 3.8) is 0 Å². The van der Waals surface area contributed by atoms with Gasteiger partial charge in [-0.15, -0.1) is 0 Å². The summed E-state index contributed by atoms with van der Waals surface area (Å²) < 4.78 is 18.6. The summed E-state index contributed by atoms with van der Waals surface area (Å²) in [4.78, 5) is 4.46. The molecule has 3 aromatic rings. The Balaban J connectivity index is 1.96. The highest BCUT2D eigenvalue weighted by Gasteiger charge is 2.10. The summed E-state index contributed by atoms with van der Waals surface area (Å²) in [6.45, 7) is 2.07. The fourth-order valence-electron chi connectivity index (χ4n) is 2.22. The molecule has 0 atom stereocenters. The number of benzene rings is 2. The van der Waals surface area contributed by atoms with E-state index in [1.54, 1.807) is 12.1 Å². The molecule has 0 spiro atoms. The molecule has 0 aliphatic rings. The first-order valence-corrected chi connectivity index (χ1v) is 6.58. The number of hydrogen-bond acceptors (Lipinski definition) is 3. The van der Waals surface area contributed by atoms with E-state index in [1.165, 1.54) is 12.1 Å². The molecule has 1 aromatic heterocycles. The quantitative estimate of drug-likeness (QED) is 0.738. The maximum atomic E-state index is 12.9. The number of oxazole rings is 1. The largest absolute Gasteiger partial charge is 0.438 e. The summed E-state index contributed by atoms with van der Waals surface area (Å²) in [5, 5.41) is 0. The molecule has 1 heterocycles. The molecule has 0 aliphatic heterocycles. The third kappa shape index (κ3) is 2.37. The summed E-state index contributed by atoms with van der Waals surface area (Å²) in [6, 6.07) is 10.2. The van der Waals surface area contributed by atoms with Gasteiger partial charge in [0.05, 0.1) is 5.69 Å². The van der Waals surface area contributed by atoms with Gasteiger partial charge in [-0.2, -0.15) is 0 Å². The molecule has 0 unspecified atom stereocenters. The lowest BCUT2D eigenvalue weighted by atomic mass is 10.1. The second-order valence-electron chi connectivity index (χ2n) is 4.80. The lowest BCUT2D eigenvalue weighted by molar-refractivity contribution is 0.544. The highest BCUT2D eigenvalue weighted by atomic mass is 19.1. The van der Waals surface area contributed by atoms with E-state index in [2.05, 4.69) is 11.9 Å². The van der Waals surface area contributed by atoms with Gasteiger partial charge in [0.15, 0.2) is 11.5 Å². The number of anilines is 1. The number of nitrogen functional groups attached to an aromatic ring is 1. The third-order valence-electron chi connectivity index (χ3n) is 3.30. The SMILES string of the molecule is CCc1cc(N)c2oc(Cc3ccc(F)cc3)nc2c1. The van der Waals surface area contributed by atoms with Crippen molar-refractivity contribution in [3.05, 3.63) is 59.2 Å². The van der Waals surface area contributed by atoms with Gasteiger partial charge >= 0.3 is 0 Å². The molecule has 0 radical (unpaired) electrons. The number of hydrogen-bond donors (Lipinski definition) is 1. The van der Waals surface area contributed by atoms with Gasteiger partial charge in [0.25, 0.3) is 0 Å². The minimum Gasteiger partial charge on any atom is -0.438 e. The molecular formula is C16H15FN2O. The van der Waals surface area contributed by atoms with Crippen molar-refractivity contribution in [3.8, 4) is 0 Å². The Bertz CT molecular complexity index is 747. The molecule has 102 valence electrons. The van der Waals surface area contributed by atoms with E-state index in [9.17, 15) is 4.39 Å². The summed E-state index contributed by atoms with van der Waals surface area (Å²) in [6.07, 6.45) is 1.43. The zero-order chi connectivity index (χ0) is 14.1. The van der Waals surface area contributed by atoms with E-state index in [1.807, 2.05) is 12.1 Å². The molecule has 0 aliphatic carbocycles. The van der Waals surface area contributed by atoms with Gasteiger partial charge < -0.3 is 10.2 Å². The fraction of sp³-hybridized carbons (Fsp3) is 0.188. The molecule has 2 N–H and O–H groups in total. The van der Waals surface area contributed by atoms with Crippen molar-refractivity contribution in [2.75, 3.05) is 5.73 Å². The smallest absolute Gasteiger partial charge is 0.200 e. The minimum atomic E-state index is -0.247. The number of rotatable bonds is 3. The maximum Gasteiger partial charge on any atom is 0.200 e. The van der Waals surface area contributed by atoms with Crippen molar-refractivity contribution < 1.29 is 8.81 Å². The normalized spacial score (nSPS) is 11.1. The second-order valence-corrected chi connectivity index (χ2v) is 4.80. The summed E-state index contributed by atoms with van der Waals surface area (Å²) >= 11 is 0. The van der Waals surface area contributed by atoms with Crippen LogP contribution in [0.5, 0.6) is 0 Å². The molecule has 0 amide bonds. The van der Waals surface area contributed by atoms with Crippen LogP contribution in [0.25, 0.3) is 11.1 Å². The Morgan fingerprint density at radius 1 is 1.15 bits per heavy atom. The summed E-state index contributed by atoms with van der Waals surface area (Å²) in [7, 11) is 0. The van der Waals surface area contributed by atoms with E-state index in [4.69, 9.17) is 10.2 Å². The van der Waals surface area contributed by atoms with Gasteiger partial charge in [0, 0.05) is 6.42 Å². The predicted octanol–water partition coefficient (Wildman–Crippen LogP) is 3.70. The van der Waals surface area contributed by atoms with Crippen LogP contribution in [0.15, 0.2) is 40.8 Å². The van der Waals surface area contributed by atoms with Crippen molar-refractivity contribution >= 4 is 16.8 Å². The monoisotopic (exact) mass is 270 g/mol. The number of aromatic nitrogens is 1. The zero-order valence-electron chi connectivity index (χ0n) is 11.2.